The third kappa shape index (κ3) is 5.12. The molecule has 0 N–H and O–H groups in total. The molecule has 1 aromatic carbocycles. The van der Waals surface area contributed by atoms with Gasteiger partial charge in [-0.05, 0) is 37.1 Å². The zero-order valence-electron chi connectivity index (χ0n) is 11.7. The van der Waals surface area contributed by atoms with Crippen LogP contribution in [0.4, 0.5) is 0 Å². The first-order chi connectivity index (χ1) is 9.06. The van der Waals surface area contributed by atoms with Crippen LogP contribution in [0, 0.1) is 6.92 Å². The van der Waals surface area contributed by atoms with E-state index in [9.17, 15) is 9.59 Å². The molecule has 4 heteroatoms. The van der Waals surface area contributed by atoms with E-state index < -0.39 is 0 Å². The number of hydrogen-bond donors (Lipinski definition) is 0. The predicted molar refractivity (Wildman–Crippen MR) is 72.3 cm³/mol. The first-order valence-corrected chi connectivity index (χ1v) is 6.37. The van der Waals surface area contributed by atoms with Crippen molar-refractivity contribution in [3.05, 3.63) is 29.3 Å². The van der Waals surface area contributed by atoms with E-state index in [0.717, 1.165) is 16.9 Å². The molecule has 0 aliphatic carbocycles. The standard InChI is InChI=1S/C15H20O4/c1-4-19-15(17)8-6-13(16)10-12-5-7-14(18-3)9-11(12)2/h5,7,9H,4,6,8,10H2,1-3H3. The summed E-state index contributed by atoms with van der Waals surface area (Å²) in [6.45, 7) is 4.04. The van der Waals surface area contributed by atoms with Crippen molar-refractivity contribution in [3.63, 3.8) is 0 Å². The van der Waals surface area contributed by atoms with Crippen LogP contribution in [0.15, 0.2) is 18.2 Å². The van der Waals surface area contributed by atoms with Crippen LogP contribution in [-0.4, -0.2) is 25.5 Å². The van der Waals surface area contributed by atoms with E-state index in [1.165, 1.54) is 0 Å². The molecule has 0 saturated heterocycles. The Kier molecular flexibility index (Phi) is 6.06. The predicted octanol–water partition coefficient (Wildman–Crippen LogP) is 2.46. The summed E-state index contributed by atoms with van der Waals surface area (Å²) in [6, 6.07) is 5.62. The summed E-state index contributed by atoms with van der Waals surface area (Å²) in [5, 5.41) is 0. The summed E-state index contributed by atoms with van der Waals surface area (Å²) in [5.41, 5.74) is 1.98. The maximum absolute atomic E-state index is 11.8. The number of benzene rings is 1. The van der Waals surface area contributed by atoms with E-state index in [1.807, 2.05) is 25.1 Å². The SMILES string of the molecule is CCOC(=O)CCC(=O)Cc1ccc(OC)cc1C. The fourth-order valence-corrected chi connectivity index (χ4v) is 1.77. The molecule has 19 heavy (non-hydrogen) atoms. The highest BCUT2D eigenvalue weighted by atomic mass is 16.5. The van der Waals surface area contributed by atoms with Gasteiger partial charge in [-0.1, -0.05) is 6.07 Å². The summed E-state index contributed by atoms with van der Waals surface area (Å²) in [6.07, 6.45) is 0.724. The van der Waals surface area contributed by atoms with E-state index >= 15 is 0 Å². The monoisotopic (exact) mass is 264 g/mol. The molecule has 0 heterocycles. The molecular formula is C15H20O4. The summed E-state index contributed by atoms with van der Waals surface area (Å²) in [4.78, 5) is 22.9. The van der Waals surface area contributed by atoms with Gasteiger partial charge in [0.05, 0.1) is 20.1 Å². The molecule has 0 spiro atoms. The van der Waals surface area contributed by atoms with Crippen molar-refractivity contribution in [1.82, 2.24) is 0 Å². The van der Waals surface area contributed by atoms with Gasteiger partial charge >= 0.3 is 5.97 Å². The van der Waals surface area contributed by atoms with Crippen molar-refractivity contribution in [2.24, 2.45) is 0 Å². The zero-order chi connectivity index (χ0) is 14.3. The summed E-state index contributed by atoms with van der Waals surface area (Å²) in [7, 11) is 1.61. The van der Waals surface area contributed by atoms with Crippen LogP contribution in [0.2, 0.25) is 0 Å². The number of carbonyl (C=O) groups is 2. The van der Waals surface area contributed by atoms with Gasteiger partial charge in [-0.15, -0.1) is 0 Å². The Bertz CT molecular complexity index is 451. The normalized spacial score (nSPS) is 10.1. The number of Topliss-reactive ketones (excluding diaryl/α,β-unsaturated/α-hetero) is 1. The molecule has 0 aliphatic heterocycles. The third-order valence-corrected chi connectivity index (χ3v) is 2.85. The number of esters is 1. The summed E-state index contributed by atoms with van der Waals surface area (Å²) >= 11 is 0. The quantitative estimate of drug-likeness (QED) is 0.710. The second-order valence-electron chi connectivity index (χ2n) is 4.31. The first kappa shape index (κ1) is 15.2. The largest absolute Gasteiger partial charge is 0.497 e. The molecule has 0 amide bonds. The van der Waals surface area contributed by atoms with Crippen molar-refractivity contribution in [1.29, 1.82) is 0 Å². The number of ketones is 1. The molecule has 104 valence electrons. The van der Waals surface area contributed by atoms with Gasteiger partial charge in [0.2, 0.25) is 0 Å². The fourth-order valence-electron chi connectivity index (χ4n) is 1.77. The average Bonchev–Trinajstić information content (AvgIpc) is 2.39. The van der Waals surface area contributed by atoms with Crippen LogP contribution in [0.1, 0.15) is 30.9 Å². The van der Waals surface area contributed by atoms with Crippen LogP contribution < -0.4 is 4.74 Å². The fraction of sp³-hybridized carbons (Fsp3) is 0.467. The van der Waals surface area contributed by atoms with E-state index in [4.69, 9.17) is 9.47 Å². The van der Waals surface area contributed by atoms with Crippen LogP contribution in [0.3, 0.4) is 0 Å². The lowest BCUT2D eigenvalue weighted by Gasteiger charge is -2.07. The molecule has 0 radical (unpaired) electrons. The van der Waals surface area contributed by atoms with Crippen molar-refractivity contribution in [2.75, 3.05) is 13.7 Å². The second kappa shape index (κ2) is 7.56. The van der Waals surface area contributed by atoms with Gasteiger partial charge in [-0.2, -0.15) is 0 Å². The van der Waals surface area contributed by atoms with Crippen LogP contribution >= 0.6 is 0 Å². The molecule has 0 atom stereocenters. The van der Waals surface area contributed by atoms with Crippen molar-refractivity contribution >= 4 is 11.8 Å². The van der Waals surface area contributed by atoms with Gasteiger partial charge in [0, 0.05) is 12.8 Å². The van der Waals surface area contributed by atoms with Crippen LogP contribution in [0.5, 0.6) is 5.75 Å². The van der Waals surface area contributed by atoms with E-state index in [1.54, 1.807) is 14.0 Å². The highest BCUT2D eigenvalue weighted by molar-refractivity contribution is 5.84. The Morgan fingerprint density at radius 3 is 2.53 bits per heavy atom. The molecule has 0 fully saturated rings. The number of rotatable bonds is 7. The Balaban J connectivity index is 2.50. The molecule has 0 saturated carbocycles. The van der Waals surface area contributed by atoms with Gasteiger partial charge in [0.1, 0.15) is 11.5 Å². The lowest BCUT2D eigenvalue weighted by atomic mass is 10.0. The number of ether oxygens (including phenoxy) is 2. The topological polar surface area (TPSA) is 52.6 Å². The minimum atomic E-state index is -0.317. The first-order valence-electron chi connectivity index (χ1n) is 6.37. The van der Waals surface area contributed by atoms with Gasteiger partial charge < -0.3 is 9.47 Å². The van der Waals surface area contributed by atoms with Crippen molar-refractivity contribution in [3.8, 4) is 5.75 Å². The molecule has 4 nitrogen and oxygen atoms in total. The number of methoxy groups -OCH3 is 1. The van der Waals surface area contributed by atoms with Gasteiger partial charge in [-0.3, -0.25) is 9.59 Å². The molecule has 1 rings (SSSR count). The highest BCUT2D eigenvalue weighted by Gasteiger charge is 2.10. The Labute approximate surface area is 113 Å². The average molecular weight is 264 g/mol. The summed E-state index contributed by atoms with van der Waals surface area (Å²) in [5.74, 6) is 0.504. The van der Waals surface area contributed by atoms with E-state index in [-0.39, 0.29) is 24.6 Å². The Morgan fingerprint density at radius 2 is 1.95 bits per heavy atom. The Morgan fingerprint density at radius 1 is 1.21 bits per heavy atom. The molecule has 0 aromatic heterocycles. The maximum Gasteiger partial charge on any atom is 0.306 e. The van der Waals surface area contributed by atoms with Crippen molar-refractivity contribution in [2.45, 2.75) is 33.1 Å². The smallest absolute Gasteiger partial charge is 0.306 e. The van der Waals surface area contributed by atoms with Crippen LogP contribution in [0.25, 0.3) is 0 Å². The minimum absolute atomic E-state index is 0.0429. The van der Waals surface area contributed by atoms with Gasteiger partial charge in [-0.25, -0.2) is 0 Å². The molecule has 0 bridgehead atoms. The second-order valence-corrected chi connectivity index (χ2v) is 4.31. The highest BCUT2D eigenvalue weighted by Crippen LogP contribution is 2.18. The van der Waals surface area contributed by atoms with E-state index in [0.29, 0.717) is 13.0 Å². The van der Waals surface area contributed by atoms with Crippen molar-refractivity contribution < 1.29 is 19.1 Å². The lowest BCUT2D eigenvalue weighted by Crippen LogP contribution is -2.10. The summed E-state index contributed by atoms with van der Waals surface area (Å²) < 4.78 is 9.90. The molecular weight excluding hydrogens is 244 g/mol. The lowest BCUT2D eigenvalue weighted by molar-refractivity contribution is -0.144. The number of hydrogen-bond acceptors (Lipinski definition) is 4. The Hall–Kier alpha value is -1.84. The van der Waals surface area contributed by atoms with Gasteiger partial charge in [0.25, 0.3) is 0 Å². The number of aryl methyl sites for hydroxylation is 1. The molecule has 1 aromatic rings. The van der Waals surface area contributed by atoms with Gasteiger partial charge in [0.15, 0.2) is 0 Å². The van der Waals surface area contributed by atoms with E-state index in [2.05, 4.69) is 0 Å². The molecule has 0 unspecified atom stereocenters. The molecule has 0 aliphatic rings. The third-order valence-electron chi connectivity index (χ3n) is 2.85. The van der Waals surface area contributed by atoms with Crippen LogP contribution in [-0.2, 0) is 20.7 Å². The zero-order valence-corrected chi connectivity index (χ0v) is 11.7. The maximum atomic E-state index is 11.8. The number of carbonyl (C=O) groups excluding carboxylic acids is 2. The minimum Gasteiger partial charge on any atom is -0.497 e.